The summed E-state index contributed by atoms with van der Waals surface area (Å²) >= 11 is 0. The molecule has 0 aliphatic rings. The van der Waals surface area contributed by atoms with E-state index in [0.29, 0.717) is 12.4 Å². The second-order valence-electron chi connectivity index (χ2n) is 5.39. The number of hydrogen-bond donors (Lipinski definition) is 1. The molecular formula is C19H18O2. The molecule has 0 aliphatic heterocycles. The van der Waals surface area contributed by atoms with E-state index < -0.39 is 0 Å². The summed E-state index contributed by atoms with van der Waals surface area (Å²) in [6.45, 7) is 4.59. The maximum atomic E-state index is 10.1. The zero-order chi connectivity index (χ0) is 14.8. The van der Waals surface area contributed by atoms with Gasteiger partial charge in [-0.05, 0) is 47.9 Å². The number of aromatic hydroxyl groups is 1. The Morgan fingerprint density at radius 1 is 0.905 bits per heavy atom. The third kappa shape index (κ3) is 2.84. The van der Waals surface area contributed by atoms with Crippen LogP contribution in [0.2, 0.25) is 0 Å². The SMILES string of the molecule is Cc1ccc(C)c(COc2cc3ccccc3cc2O)c1. The maximum Gasteiger partial charge on any atom is 0.162 e. The second-order valence-corrected chi connectivity index (χ2v) is 5.39. The molecule has 0 heterocycles. The average Bonchev–Trinajstić information content (AvgIpc) is 2.48. The highest BCUT2D eigenvalue weighted by Gasteiger charge is 2.06. The Morgan fingerprint density at radius 2 is 1.62 bits per heavy atom. The fourth-order valence-electron chi connectivity index (χ4n) is 2.43. The highest BCUT2D eigenvalue weighted by molar-refractivity contribution is 5.85. The summed E-state index contributed by atoms with van der Waals surface area (Å²) in [6, 6.07) is 17.9. The molecule has 0 aliphatic carbocycles. The van der Waals surface area contributed by atoms with Gasteiger partial charge in [-0.15, -0.1) is 0 Å². The van der Waals surface area contributed by atoms with Crippen molar-refractivity contribution in [1.82, 2.24) is 0 Å². The van der Waals surface area contributed by atoms with Gasteiger partial charge in [0.25, 0.3) is 0 Å². The summed E-state index contributed by atoms with van der Waals surface area (Å²) in [6.07, 6.45) is 0. The molecule has 2 nitrogen and oxygen atoms in total. The molecule has 0 saturated heterocycles. The Labute approximate surface area is 124 Å². The van der Waals surface area contributed by atoms with Crippen molar-refractivity contribution in [2.45, 2.75) is 20.5 Å². The topological polar surface area (TPSA) is 29.5 Å². The average molecular weight is 278 g/mol. The van der Waals surface area contributed by atoms with Gasteiger partial charge in [-0.1, -0.05) is 48.0 Å². The quantitative estimate of drug-likeness (QED) is 0.749. The molecule has 3 aromatic rings. The Hall–Kier alpha value is -2.48. The summed E-state index contributed by atoms with van der Waals surface area (Å²) in [5.74, 6) is 0.702. The van der Waals surface area contributed by atoms with Crippen molar-refractivity contribution < 1.29 is 9.84 Å². The first-order valence-electron chi connectivity index (χ1n) is 7.04. The summed E-state index contributed by atoms with van der Waals surface area (Å²) in [4.78, 5) is 0. The third-order valence-corrected chi connectivity index (χ3v) is 3.72. The molecule has 0 amide bonds. The van der Waals surface area contributed by atoms with Gasteiger partial charge in [0.15, 0.2) is 11.5 Å². The van der Waals surface area contributed by atoms with Gasteiger partial charge in [-0.3, -0.25) is 0 Å². The van der Waals surface area contributed by atoms with Gasteiger partial charge in [-0.25, -0.2) is 0 Å². The number of ether oxygens (including phenoxy) is 1. The van der Waals surface area contributed by atoms with Crippen LogP contribution in [0, 0.1) is 13.8 Å². The summed E-state index contributed by atoms with van der Waals surface area (Å²) in [7, 11) is 0. The van der Waals surface area contributed by atoms with Crippen molar-refractivity contribution >= 4 is 10.8 Å². The molecule has 2 heteroatoms. The van der Waals surface area contributed by atoms with Crippen molar-refractivity contribution in [2.24, 2.45) is 0 Å². The van der Waals surface area contributed by atoms with Crippen LogP contribution in [-0.4, -0.2) is 5.11 Å². The number of phenols is 1. The fraction of sp³-hybridized carbons (Fsp3) is 0.158. The Balaban J connectivity index is 1.88. The van der Waals surface area contributed by atoms with Gasteiger partial charge in [-0.2, -0.15) is 0 Å². The first-order chi connectivity index (χ1) is 10.1. The molecule has 3 rings (SSSR count). The molecule has 0 unspecified atom stereocenters. The number of benzene rings is 3. The lowest BCUT2D eigenvalue weighted by Gasteiger charge is -2.12. The first kappa shape index (κ1) is 13.5. The normalized spacial score (nSPS) is 10.8. The van der Waals surface area contributed by atoms with Crippen LogP contribution in [0.25, 0.3) is 10.8 Å². The van der Waals surface area contributed by atoms with Crippen molar-refractivity contribution in [1.29, 1.82) is 0 Å². The van der Waals surface area contributed by atoms with Crippen LogP contribution in [0.4, 0.5) is 0 Å². The Bertz CT molecular complexity index is 791. The highest BCUT2D eigenvalue weighted by Crippen LogP contribution is 2.32. The second kappa shape index (κ2) is 5.49. The van der Waals surface area contributed by atoms with E-state index in [4.69, 9.17) is 4.74 Å². The van der Waals surface area contributed by atoms with Crippen LogP contribution in [0.5, 0.6) is 11.5 Å². The van der Waals surface area contributed by atoms with Crippen LogP contribution < -0.4 is 4.74 Å². The minimum atomic E-state index is 0.180. The predicted molar refractivity (Wildman–Crippen MR) is 85.9 cm³/mol. The van der Waals surface area contributed by atoms with E-state index in [1.54, 1.807) is 6.07 Å². The molecule has 0 radical (unpaired) electrons. The number of aryl methyl sites for hydroxylation is 2. The summed E-state index contributed by atoms with van der Waals surface area (Å²) in [5, 5.41) is 12.2. The Kier molecular flexibility index (Phi) is 3.53. The van der Waals surface area contributed by atoms with E-state index in [0.717, 1.165) is 16.3 Å². The largest absolute Gasteiger partial charge is 0.504 e. The third-order valence-electron chi connectivity index (χ3n) is 3.72. The number of hydrogen-bond acceptors (Lipinski definition) is 2. The van der Waals surface area contributed by atoms with Gasteiger partial charge < -0.3 is 9.84 Å². The maximum absolute atomic E-state index is 10.1. The van der Waals surface area contributed by atoms with E-state index in [1.807, 2.05) is 30.3 Å². The summed E-state index contributed by atoms with van der Waals surface area (Å²) < 4.78 is 5.82. The molecule has 21 heavy (non-hydrogen) atoms. The van der Waals surface area contributed by atoms with E-state index >= 15 is 0 Å². The molecule has 1 N–H and O–H groups in total. The molecule has 0 bridgehead atoms. The molecule has 0 aromatic heterocycles. The molecule has 0 fully saturated rings. The fourth-order valence-corrected chi connectivity index (χ4v) is 2.43. The lowest BCUT2D eigenvalue weighted by atomic mass is 10.1. The van der Waals surface area contributed by atoms with Crippen LogP contribution in [0.3, 0.4) is 0 Å². The highest BCUT2D eigenvalue weighted by atomic mass is 16.5. The zero-order valence-electron chi connectivity index (χ0n) is 12.3. The lowest BCUT2D eigenvalue weighted by Crippen LogP contribution is -1.98. The smallest absolute Gasteiger partial charge is 0.162 e. The zero-order valence-corrected chi connectivity index (χ0v) is 12.3. The number of phenolic OH excluding ortho intramolecular Hbond substituents is 1. The van der Waals surface area contributed by atoms with Gasteiger partial charge in [0.1, 0.15) is 6.61 Å². The minimum Gasteiger partial charge on any atom is -0.504 e. The number of fused-ring (bicyclic) bond motifs is 1. The summed E-state index contributed by atoms with van der Waals surface area (Å²) in [5.41, 5.74) is 3.55. The van der Waals surface area contributed by atoms with E-state index in [-0.39, 0.29) is 5.75 Å². The molecule has 106 valence electrons. The van der Waals surface area contributed by atoms with Crippen LogP contribution in [0.15, 0.2) is 54.6 Å². The number of rotatable bonds is 3. The first-order valence-corrected chi connectivity index (χ1v) is 7.04. The van der Waals surface area contributed by atoms with Crippen LogP contribution >= 0.6 is 0 Å². The van der Waals surface area contributed by atoms with Gasteiger partial charge >= 0.3 is 0 Å². The molecular weight excluding hydrogens is 260 g/mol. The molecule has 0 spiro atoms. The lowest BCUT2D eigenvalue weighted by molar-refractivity contribution is 0.289. The van der Waals surface area contributed by atoms with Crippen molar-refractivity contribution in [3.05, 3.63) is 71.3 Å². The molecule has 0 atom stereocenters. The van der Waals surface area contributed by atoms with Crippen molar-refractivity contribution in [2.75, 3.05) is 0 Å². The molecule has 3 aromatic carbocycles. The van der Waals surface area contributed by atoms with Gasteiger partial charge in [0, 0.05) is 0 Å². The van der Waals surface area contributed by atoms with E-state index in [2.05, 4.69) is 32.0 Å². The van der Waals surface area contributed by atoms with Gasteiger partial charge in [0.2, 0.25) is 0 Å². The van der Waals surface area contributed by atoms with Crippen molar-refractivity contribution in [3.8, 4) is 11.5 Å². The van der Waals surface area contributed by atoms with Crippen LogP contribution in [0.1, 0.15) is 16.7 Å². The predicted octanol–water partition coefficient (Wildman–Crippen LogP) is 4.74. The molecule has 0 saturated carbocycles. The Morgan fingerprint density at radius 3 is 2.38 bits per heavy atom. The van der Waals surface area contributed by atoms with E-state index in [9.17, 15) is 5.11 Å². The standard InChI is InChI=1S/C19H18O2/c1-13-7-8-14(2)17(9-13)12-21-19-11-16-6-4-3-5-15(16)10-18(19)20/h3-11,20H,12H2,1-2H3. The van der Waals surface area contributed by atoms with E-state index in [1.165, 1.54) is 11.1 Å². The van der Waals surface area contributed by atoms with Crippen molar-refractivity contribution in [3.63, 3.8) is 0 Å². The minimum absolute atomic E-state index is 0.180. The van der Waals surface area contributed by atoms with Crippen LogP contribution in [-0.2, 0) is 6.61 Å². The monoisotopic (exact) mass is 278 g/mol. The van der Waals surface area contributed by atoms with Gasteiger partial charge in [0.05, 0.1) is 0 Å².